The van der Waals surface area contributed by atoms with E-state index in [1.54, 1.807) is 7.05 Å². The second kappa shape index (κ2) is 12.8. The number of rotatable bonds is 7. The van der Waals surface area contributed by atoms with E-state index in [4.69, 9.17) is 4.74 Å². The molecule has 0 spiro atoms. The van der Waals surface area contributed by atoms with Crippen LogP contribution in [0.5, 0.6) is 0 Å². The van der Waals surface area contributed by atoms with Crippen molar-refractivity contribution in [2.24, 2.45) is 10.9 Å². The molecule has 0 aromatic carbocycles. The summed E-state index contributed by atoms with van der Waals surface area (Å²) in [6.07, 6.45) is 4.00. The number of likely N-dealkylation sites (tertiary alicyclic amines) is 1. The van der Waals surface area contributed by atoms with E-state index in [-0.39, 0.29) is 29.9 Å². The molecular formula is C16H33IN4O2. The average Bonchev–Trinajstić information content (AvgIpc) is 2.51. The zero-order chi connectivity index (χ0) is 16.4. The minimum atomic E-state index is 0. The standard InChI is InChI=1S/C16H32N4O2.HI/c1-13(2)22-11-5-8-19-16(18-4)20-9-6-14(7-10-20)12-15(21)17-3;/h13-14H,5-12H2,1-4H3,(H,17,21)(H,18,19);1H. The molecule has 1 saturated heterocycles. The number of ether oxygens (including phenoxy) is 1. The fourth-order valence-electron chi connectivity index (χ4n) is 2.64. The van der Waals surface area contributed by atoms with Crippen molar-refractivity contribution in [1.29, 1.82) is 0 Å². The Balaban J connectivity index is 0.00000484. The third kappa shape index (κ3) is 9.34. The fraction of sp³-hybridized carbons (Fsp3) is 0.875. The molecule has 0 unspecified atom stereocenters. The number of nitrogens with zero attached hydrogens (tertiary/aromatic N) is 2. The van der Waals surface area contributed by atoms with Gasteiger partial charge in [-0.15, -0.1) is 24.0 Å². The minimum Gasteiger partial charge on any atom is -0.379 e. The predicted molar refractivity (Wildman–Crippen MR) is 105 cm³/mol. The lowest BCUT2D eigenvalue weighted by Crippen LogP contribution is -2.46. The van der Waals surface area contributed by atoms with Gasteiger partial charge in [0.15, 0.2) is 5.96 Å². The third-order valence-corrected chi connectivity index (χ3v) is 3.93. The molecule has 1 aliphatic heterocycles. The number of guanidine groups is 1. The molecule has 0 aromatic heterocycles. The molecule has 0 saturated carbocycles. The average molecular weight is 440 g/mol. The number of hydrogen-bond donors (Lipinski definition) is 2. The summed E-state index contributed by atoms with van der Waals surface area (Å²) in [5.74, 6) is 1.60. The molecule has 1 aliphatic rings. The highest BCUT2D eigenvalue weighted by molar-refractivity contribution is 14.0. The van der Waals surface area contributed by atoms with Crippen LogP contribution in [0.4, 0.5) is 0 Å². The van der Waals surface area contributed by atoms with Crippen LogP contribution in [0.15, 0.2) is 4.99 Å². The molecule has 1 heterocycles. The Morgan fingerprint density at radius 1 is 1.35 bits per heavy atom. The first kappa shape index (κ1) is 22.4. The summed E-state index contributed by atoms with van der Waals surface area (Å²) in [6.45, 7) is 7.67. The normalized spacial score (nSPS) is 16.2. The lowest BCUT2D eigenvalue weighted by molar-refractivity contribution is -0.121. The first-order valence-corrected chi connectivity index (χ1v) is 8.34. The Kier molecular flexibility index (Phi) is 12.5. The van der Waals surface area contributed by atoms with E-state index < -0.39 is 0 Å². The summed E-state index contributed by atoms with van der Waals surface area (Å²) >= 11 is 0. The molecule has 2 N–H and O–H groups in total. The molecule has 6 nitrogen and oxygen atoms in total. The van der Waals surface area contributed by atoms with E-state index >= 15 is 0 Å². The highest BCUT2D eigenvalue weighted by Gasteiger charge is 2.22. The number of aliphatic imine (C=N–C) groups is 1. The van der Waals surface area contributed by atoms with Gasteiger partial charge in [-0.05, 0) is 39.0 Å². The van der Waals surface area contributed by atoms with Crippen LogP contribution in [-0.2, 0) is 9.53 Å². The first-order chi connectivity index (χ1) is 10.6. The van der Waals surface area contributed by atoms with Crippen molar-refractivity contribution < 1.29 is 9.53 Å². The third-order valence-electron chi connectivity index (χ3n) is 3.93. The summed E-state index contributed by atoms with van der Waals surface area (Å²) in [4.78, 5) is 18.1. The molecule has 0 aromatic rings. The molecule has 136 valence electrons. The van der Waals surface area contributed by atoms with Gasteiger partial charge in [0.1, 0.15) is 0 Å². The Morgan fingerprint density at radius 3 is 2.52 bits per heavy atom. The molecule has 23 heavy (non-hydrogen) atoms. The molecule has 0 bridgehead atoms. The van der Waals surface area contributed by atoms with E-state index in [9.17, 15) is 4.79 Å². The van der Waals surface area contributed by atoms with Gasteiger partial charge < -0.3 is 20.3 Å². The predicted octanol–water partition coefficient (Wildman–Crippen LogP) is 1.84. The van der Waals surface area contributed by atoms with Crippen LogP contribution >= 0.6 is 24.0 Å². The van der Waals surface area contributed by atoms with Gasteiger partial charge in [0, 0.05) is 46.8 Å². The van der Waals surface area contributed by atoms with Gasteiger partial charge in [0.05, 0.1) is 6.10 Å². The maximum atomic E-state index is 11.4. The number of halogens is 1. The van der Waals surface area contributed by atoms with Crippen LogP contribution in [0.1, 0.15) is 39.5 Å². The van der Waals surface area contributed by atoms with Crippen molar-refractivity contribution in [3.63, 3.8) is 0 Å². The molecule has 0 radical (unpaired) electrons. The maximum absolute atomic E-state index is 11.4. The van der Waals surface area contributed by atoms with Crippen LogP contribution in [0, 0.1) is 5.92 Å². The lowest BCUT2D eigenvalue weighted by Gasteiger charge is -2.34. The minimum absolute atomic E-state index is 0. The Hall–Kier alpha value is -0.570. The van der Waals surface area contributed by atoms with Crippen LogP contribution in [-0.4, -0.2) is 63.2 Å². The summed E-state index contributed by atoms with van der Waals surface area (Å²) in [7, 11) is 3.52. The summed E-state index contributed by atoms with van der Waals surface area (Å²) < 4.78 is 5.53. The highest BCUT2D eigenvalue weighted by Crippen LogP contribution is 2.20. The molecule has 7 heteroatoms. The zero-order valence-corrected chi connectivity index (χ0v) is 17.3. The zero-order valence-electron chi connectivity index (χ0n) is 14.9. The topological polar surface area (TPSA) is 66.0 Å². The van der Waals surface area contributed by atoms with Gasteiger partial charge in [-0.2, -0.15) is 0 Å². The summed E-state index contributed by atoms with van der Waals surface area (Å²) in [5, 5.41) is 6.10. The first-order valence-electron chi connectivity index (χ1n) is 8.34. The second-order valence-corrected chi connectivity index (χ2v) is 6.05. The molecular weight excluding hydrogens is 407 g/mol. The van der Waals surface area contributed by atoms with Crippen molar-refractivity contribution in [3.05, 3.63) is 0 Å². The van der Waals surface area contributed by atoms with Gasteiger partial charge in [0.2, 0.25) is 5.91 Å². The fourth-order valence-corrected chi connectivity index (χ4v) is 2.64. The molecule has 0 atom stereocenters. The van der Waals surface area contributed by atoms with Gasteiger partial charge in [-0.25, -0.2) is 0 Å². The van der Waals surface area contributed by atoms with Crippen LogP contribution < -0.4 is 10.6 Å². The molecule has 1 amide bonds. The van der Waals surface area contributed by atoms with Crippen LogP contribution in [0.2, 0.25) is 0 Å². The maximum Gasteiger partial charge on any atom is 0.220 e. The van der Waals surface area contributed by atoms with E-state index in [0.29, 0.717) is 18.4 Å². The lowest BCUT2D eigenvalue weighted by atomic mass is 9.93. The molecule has 1 fully saturated rings. The monoisotopic (exact) mass is 440 g/mol. The summed E-state index contributed by atoms with van der Waals surface area (Å²) in [5.41, 5.74) is 0. The number of carbonyl (C=O) groups excluding carboxylic acids is 1. The Bertz CT molecular complexity index is 356. The highest BCUT2D eigenvalue weighted by atomic mass is 127. The Morgan fingerprint density at radius 2 is 2.00 bits per heavy atom. The van der Waals surface area contributed by atoms with Gasteiger partial charge in [0.25, 0.3) is 0 Å². The van der Waals surface area contributed by atoms with Crippen LogP contribution in [0.3, 0.4) is 0 Å². The SMILES string of the molecule is CN=C(NCCCOC(C)C)N1CCC(CC(=O)NC)CC1.I. The number of piperidine rings is 1. The van der Waals surface area contributed by atoms with Crippen molar-refractivity contribution in [2.45, 2.75) is 45.6 Å². The van der Waals surface area contributed by atoms with E-state index in [0.717, 1.165) is 51.5 Å². The van der Waals surface area contributed by atoms with Crippen molar-refractivity contribution in [1.82, 2.24) is 15.5 Å². The summed E-state index contributed by atoms with van der Waals surface area (Å²) in [6, 6.07) is 0. The van der Waals surface area contributed by atoms with Gasteiger partial charge in [-0.1, -0.05) is 0 Å². The van der Waals surface area contributed by atoms with Crippen molar-refractivity contribution in [3.8, 4) is 0 Å². The van der Waals surface area contributed by atoms with Gasteiger partial charge in [-0.3, -0.25) is 9.79 Å². The smallest absolute Gasteiger partial charge is 0.220 e. The molecule has 0 aliphatic carbocycles. The number of nitrogens with one attached hydrogen (secondary N) is 2. The van der Waals surface area contributed by atoms with E-state index in [1.165, 1.54) is 0 Å². The number of carbonyl (C=O) groups is 1. The van der Waals surface area contributed by atoms with Crippen molar-refractivity contribution >= 4 is 35.8 Å². The van der Waals surface area contributed by atoms with E-state index in [1.807, 2.05) is 7.05 Å². The molecule has 1 rings (SSSR count). The van der Waals surface area contributed by atoms with Crippen LogP contribution in [0.25, 0.3) is 0 Å². The van der Waals surface area contributed by atoms with Gasteiger partial charge >= 0.3 is 0 Å². The number of amides is 1. The van der Waals surface area contributed by atoms with E-state index in [2.05, 4.69) is 34.4 Å². The largest absolute Gasteiger partial charge is 0.379 e. The number of hydrogen-bond acceptors (Lipinski definition) is 3. The second-order valence-electron chi connectivity index (χ2n) is 6.05. The Labute approximate surface area is 157 Å². The van der Waals surface area contributed by atoms with Crippen molar-refractivity contribution in [2.75, 3.05) is 40.3 Å². The quantitative estimate of drug-likeness (QED) is 0.275.